The summed E-state index contributed by atoms with van der Waals surface area (Å²) in [6.07, 6.45) is 5.05. The van der Waals surface area contributed by atoms with Crippen LogP contribution in [0.1, 0.15) is 107 Å². The van der Waals surface area contributed by atoms with E-state index in [1.54, 1.807) is 34.3 Å². The highest BCUT2D eigenvalue weighted by Gasteiger charge is 2.45. The first-order valence-electron chi connectivity index (χ1n) is 17.5. The number of piperidine rings is 1. The number of nitrogens with zero attached hydrogens (tertiary/aromatic N) is 5. The molecule has 3 aromatic rings. The van der Waals surface area contributed by atoms with Crippen LogP contribution in [-0.2, 0) is 9.53 Å². The number of fused-ring (bicyclic) bond motifs is 1. The smallest absolute Gasteiger partial charge is 0.411 e. The van der Waals surface area contributed by atoms with Crippen LogP contribution in [0.2, 0.25) is 0 Å². The molecule has 10 nitrogen and oxygen atoms in total. The number of likely N-dealkylation sites (tertiary alicyclic amines) is 2. The number of pyridine rings is 1. The first-order chi connectivity index (χ1) is 23.0. The van der Waals surface area contributed by atoms with Gasteiger partial charge in [0.15, 0.2) is 5.78 Å². The maximum atomic E-state index is 14.7. The van der Waals surface area contributed by atoms with Gasteiger partial charge in [-0.25, -0.2) is 9.18 Å². The molecular formula is C38H50FN5O5. The van der Waals surface area contributed by atoms with Crippen molar-refractivity contribution in [1.29, 1.82) is 0 Å². The predicted octanol–water partition coefficient (Wildman–Crippen LogP) is 6.94. The predicted molar refractivity (Wildman–Crippen MR) is 186 cm³/mol. The second kappa shape index (κ2) is 13.9. The van der Waals surface area contributed by atoms with Crippen molar-refractivity contribution in [3.8, 4) is 5.69 Å². The maximum absolute atomic E-state index is 14.7. The van der Waals surface area contributed by atoms with Crippen molar-refractivity contribution in [1.82, 2.24) is 24.3 Å². The number of carbonyl (C=O) groups excluding carboxylic acids is 4. The second-order valence-electron chi connectivity index (χ2n) is 14.8. The topological polar surface area (TPSA) is 105 Å². The van der Waals surface area contributed by atoms with Crippen molar-refractivity contribution in [2.45, 2.75) is 118 Å². The maximum Gasteiger partial charge on any atom is 0.411 e. The second-order valence-corrected chi connectivity index (χ2v) is 14.8. The normalized spacial score (nSPS) is 21.4. The fourth-order valence-corrected chi connectivity index (χ4v) is 7.64. The molecule has 0 radical (unpaired) electrons. The van der Waals surface area contributed by atoms with Gasteiger partial charge in [-0.05, 0) is 112 Å². The summed E-state index contributed by atoms with van der Waals surface area (Å²) in [5.74, 6) is -1.31. The zero-order valence-electron chi connectivity index (χ0n) is 30.2. The van der Waals surface area contributed by atoms with Gasteiger partial charge in [-0.2, -0.15) is 0 Å². The Hall–Kier alpha value is -4.28. The molecule has 4 heterocycles. The van der Waals surface area contributed by atoms with E-state index in [1.165, 1.54) is 12.1 Å². The van der Waals surface area contributed by atoms with Crippen LogP contribution in [-0.4, -0.2) is 90.8 Å². The van der Waals surface area contributed by atoms with Crippen LogP contribution >= 0.6 is 0 Å². The van der Waals surface area contributed by atoms with Crippen molar-refractivity contribution in [3.63, 3.8) is 0 Å². The number of ether oxygens (including phenoxy) is 1. The van der Waals surface area contributed by atoms with Gasteiger partial charge in [0, 0.05) is 60.0 Å². The standard InChI is InChI=1S/C38H50FN5O5/c1-10-41(22(2)3)35(46)29-20-27(39)12-14-30(29)44-25(6)33(28-15-17-40-21-32(28)44)34(45)26-16-18-42(24(5)19-26)36(47)31-13-11-23(4)43(31)37(48)49-38(7,8)9/h12,14-15,17,20-24,26,31H,10-11,13,16,18-19H2,1-9H3/t23-,24-,26?,31-/m0/s1. The number of amides is 3. The van der Waals surface area contributed by atoms with Crippen LogP contribution in [0.3, 0.4) is 0 Å². The molecule has 11 heteroatoms. The molecule has 2 fully saturated rings. The Morgan fingerprint density at radius 1 is 1.06 bits per heavy atom. The molecule has 49 heavy (non-hydrogen) atoms. The minimum absolute atomic E-state index is 0.0383. The lowest BCUT2D eigenvalue weighted by Crippen LogP contribution is -2.55. The molecular weight excluding hydrogens is 625 g/mol. The molecule has 1 aromatic carbocycles. The third-order valence-corrected chi connectivity index (χ3v) is 10.00. The van der Waals surface area contributed by atoms with E-state index in [2.05, 4.69) is 4.98 Å². The number of rotatable bonds is 7. The molecule has 0 spiro atoms. The monoisotopic (exact) mass is 675 g/mol. The van der Waals surface area contributed by atoms with E-state index in [1.807, 2.05) is 71.8 Å². The molecule has 5 rings (SSSR count). The number of aromatic nitrogens is 2. The first kappa shape index (κ1) is 36.0. The zero-order chi connectivity index (χ0) is 35.9. The third-order valence-electron chi connectivity index (χ3n) is 10.00. The molecule has 2 aromatic heterocycles. The molecule has 4 atom stereocenters. The summed E-state index contributed by atoms with van der Waals surface area (Å²) in [5.41, 5.74) is 1.84. The van der Waals surface area contributed by atoms with Crippen molar-refractivity contribution in [3.05, 3.63) is 59.3 Å². The van der Waals surface area contributed by atoms with Crippen LogP contribution in [0.15, 0.2) is 36.7 Å². The van der Waals surface area contributed by atoms with E-state index >= 15 is 0 Å². The molecule has 0 N–H and O–H groups in total. The highest BCUT2D eigenvalue weighted by Crippen LogP contribution is 2.36. The van der Waals surface area contributed by atoms with Gasteiger partial charge in [0.05, 0.1) is 23.0 Å². The van der Waals surface area contributed by atoms with Crippen molar-refractivity contribution in [2.75, 3.05) is 13.1 Å². The number of hydrogen-bond donors (Lipinski definition) is 0. The van der Waals surface area contributed by atoms with E-state index in [-0.39, 0.29) is 47.2 Å². The molecule has 1 unspecified atom stereocenters. The number of carbonyl (C=O) groups is 4. The fourth-order valence-electron chi connectivity index (χ4n) is 7.64. The van der Waals surface area contributed by atoms with Gasteiger partial charge in [-0.15, -0.1) is 0 Å². The lowest BCUT2D eigenvalue weighted by atomic mass is 9.84. The lowest BCUT2D eigenvalue weighted by molar-refractivity contribution is -0.140. The molecule has 3 amide bonds. The van der Waals surface area contributed by atoms with Crippen LogP contribution in [0.25, 0.3) is 16.6 Å². The largest absolute Gasteiger partial charge is 0.444 e. The fraction of sp³-hybridized carbons (Fsp3) is 0.553. The molecule has 2 aliphatic rings. The molecule has 2 aliphatic heterocycles. The highest BCUT2D eigenvalue weighted by atomic mass is 19.1. The van der Waals surface area contributed by atoms with Gasteiger partial charge in [0.25, 0.3) is 5.91 Å². The number of halogens is 1. The van der Waals surface area contributed by atoms with Crippen molar-refractivity contribution >= 4 is 34.6 Å². The Morgan fingerprint density at radius 2 is 1.78 bits per heavy atom. The summed E-state index contributed by atoms with van der Waals surface area (Å²) in [6.45, 7) is 17.8. The van der Waals surface area contributed by atoms with Crippen LogP contribution in [0, 0.1) is 18.7 Å². The molecule has 2 saturated heterocycles. The van der Waals surface area contributed by atoms with Gasteiger partial charge in [-0.1, -0.05) is 0 Å². The van der Waals surface area contributed by atoms with Gasteiger partial charge in [0.2, 0.25) is 5.91 Å². The minimum Gasteiger partial charge on any atom is -0.444 e. The Balaban J connectivity index is 1.43. The SMILES string of the molecule is CCN(C(=O)c1cc(F)ccc1-n1c(C)c(C(=O)C2CCN(C(=O)[C@@H]3CC[C@H](C)N3C(=O)OC(C)(C)C)[C@@H](C)C2)c2ccncc21)C(C)C. The third kappa shape index (κ3) is 6.94. The summed E-state index contributed by atoms with van der Waals surface area (Å²) in [6, 6.07) is 4.95. The Labute approximate surface area is 288 Å². The summed E-state index contributed by atoms with van der Waals surface area (Å²) in [4.78, 5) is 64.6. The van der Waals surface area contributed by atoms with E-state index < -0.39 is 23.6 Å². The quantitative estimate of drug-likeness (QED) is 0.251. The van der Waals surface area contributed by atoms with E-state index in [4.69, 9.17) is 4.74 Å². The van der Waals surface area contributed by atoms with Crippen LogP contribution in [0.4, 0.5) is 9.18 Å². The summed E-state index contributed by atoms with van der Waals surface area (Å²) >= 11 is 0. The van der Waals surface area contributed by atoms with Crippen LogP contribution < -0.4 is 0 Å². The summed E-state index contributed by atoms with van der Waals surface area (Å²) in [7, 11) is 0. The Kier molecular flexibility index (Phi) is 10.2. The molecule has 0 saturated carbocycles. The summed E-state index contributed by atoms with van der Waals surface area (Å²) < 4.78 is 22.1. The van der Waals surface area contributed by atoms with Gasteiger partial charge in [0.1, 0.15) is 17.5 Å². The average molecular weight is 676 g/mol. The van der Waals surface area contributed by atoms with Gasteiger partial charge in [-0.3, -0.25) is 24.3 Å². The van der Waals surface area contributed by atoms with E-state index in [0.717, 1.165) is 0 Å². The average Bonchev–Trinajstić information content (AvgIpc) is 3.56. The number of ketones is 1. The minimum atomic E-state index is -0.673. The molecule has 0 bridgehead atoms. The lowest BCUT2D eigenvalue weighted by Gasteiger charge is -2.40. The summed E-state index contributed by atoms with van der Waals surface area (Å²) in [5, 5.41) is 0.704. The Morgan fingerprint density at radius 3 is 2.41 bits per heavy atom. The van der Waals surface area contributed by atoms with Gasteiger partial charge < -0.3 is 19.1 Å². The van der Waals surface area contributed by atoms with Crippen LogP contribution in [0.5, 0.6) is 0 Å². The molecule has 0 aliphatic carbocycles. The van der Waals surface area contributed by atoms with Crippen molar-refractivity contribution in [2.24, 2.45) is 5.92 Å². The van der Waals surface area contributed by atoms with Crippen molar-refractivity contribution < 1.29 is 28.3 Å². The molecule has 264 valence electrons. The number of hydrogen-bond acceptors (Lipinski definition) is 6. The first-order valence-corrected chi connectivity index (χ1v) is 17.5. The number of benzene rings is 1. The Bertz CT molecular complexity index is 1760. The number of Topliss-reactive ketones (excluding diaryl/α,β-unsaturated/α-hetero) is 1. The highest BCUT2D eigenvalue weighted by molar-refractivity contribution is 6.11. The van der Waals surface area contributed by atoms with E-state index in [0.29, 0.717) is 66.6 Å². The van der Waals surface area contributed by atoms with Gasteiger partial charge >= 0.3 is 6.09 Å². The zero-order valence-corrected chi connectivity index (χ0v) is 30.2. The van der Waals surface area contributed by atoms with E-state index in [9.17, 15) is 23.6 Å².